The van der Waals surface area contributed by atoms with Crippen molar-refractivity contribution in [1.82, 2.24) is 0 Å². The van der Waals surface area contributed by atoms with Crippen molar-refractivity contribution in [3.8, 4) is 0 Å². The maximum Gasteiger partial charge on any atom is 0.224 e. The van der Waals surface area contributed by atoms with Gasteiger partial charge in [-0.3, -0.25) is 4.79 Å². The minimum Gasteiger partial charge on any atom is -0.469 e. The number of aryl methyl sites for hydroxylation is 1. The second-order valence-corrected chi connectivity index (χ2v) is 5.92. The number of halogens is 1. The number of carbonyl (C=O) groups excluding carboxylic acids is 1. The number of hydrogen-bond acceptors (Lipinski definition) is 3. The Morgan fingerprint density at radius 2 is 2.09 bits per heavy atom. The number of amides is 1. The number of anilines is 2. The fourth-order valence-electron chi connectivity index (χ4n) is 2.75. The smallest absolute Gasteiger partial charge is 0.224 e. The highest BCUT2D eigenvalue weighted by atomic mass is 35.5. The Labute approximate surface area is 135 Å². The Morgan fingerprint density at radius 3 is 2.82 bits per heavy atom. The van der Waals surface area contributed by atoms with E-state index in [0.29, 0.717) is 17.9 Å². The van der Waals surface area contributed by atoms with Gasteiger partial charge >= 0.3 is 0 Å². The van der Waals surface area contributed by atoms with Gasteiger partial charge in [-0.15, -0.1) is 0 Å². The molecule has 1 amide bonds. The molecule has 4 nitrogen and oxygen atoms in total. The molecule has 0 atom stereocenters. The van der Waals surface area contributed by atoms with Gasteiger partial charge in [0.05, 0.1) is 17.6 Å². The monoisotopic (exact) mass is 318 g/mol. The third-order valence-corrected chi connectivity index (χ3v) is 4.09. The topological polar surface area (TPSA) is 45.5 Å². The van der Waals surface area contributed by atoms with Crippen LogP contribution in [-0.4, -0.2) is 19.0 Å². The van der Waals surface area contributed by atoms with Crippen LogP contribution in [0.4, 0.5) is 11.4 Å². The number of rotatable bonds is 5. The Balaban J connectivity index is 1.67. The lowest BCUT2D eigenvalue weighted by Crippen LogP contribution is -2.21. The summed E-state index contributed by atoms with van der Waals surface area (Å²) in [5.74, 6) is 0.792. The van der Waals surface area contributed by atoms with Crippen molar-refractivity contribution in [2.24, 2.45) is 0 Å². The van der Waals surface area contributed by atoms with Crippen LogP contribution in [0.15, 0.2) is 41.0 Å². The minimum atomic E-state index is -0.0286. The lowest BCUT2D eigenvalue weighted by molar-refractivity contribution is -0.116. The van der Waals surface area contributed by atoms with E-state index in [1.807, 2.05) is 30.3 Å². The molecule has 0 unspecified atom stereocenters. The molecule has 0 aliphatic carbocycles. The van der Waals surface area contributed by atoms with E-state index in [4.69, 9.17) is 16.0 Å². The molecule has 1 saturated heterocycles. The van der Waals surface area contributed by atoms with E-state index in [1.54, 1.807) is 6.26 Å². The van der Waals surface area contributed by atoms with Crippen LogP contribution in [0.5, 0.6) is 0 Å². The first-order chi connectivity index (χ1) is 10.7. The largest absolute Gasteiger partial charge is 0.469 e. The van der Waals surface area contributed by atoms with Gasteiger partial charge in [0, 0.05) is 31.0 Å². The zero-order valence-corrected chi connectivity index (χ0v) is 13.1. The van der Waals surface area contributed by atoms with Crippen LogP contribution in [0.3, 0.4) is 0 Å². The van der Waals surface area contributed by atoms with Gasteiger partial charge in [0.1, 0.15) is 5.76 Å². The maximum absolute atomic E-state index is 12.2. The van der Waals surface area contributed by atoms with Crippen LogP contribution in [-0.2, 0) is 11.2 Å². The van der Waals surface area contributed by atoms with Crippen LogP contribution < -0.4 is 10.2 Å². The Morgan fingerprint density at radius 1 is 1.27 bits per heavy atom. The molecule has 5 heteroatoms. The van der Waals surface area contributed by atoms with Gasteiger partial charge in [-0.1, -0.05) is 11.6 Å². The molecule has 1 aliphatic rings. The molecular formula is C17H19ClN2O2. The second kappa shape index (κ2) is 6.88. The van der Waals surface area contributed by atoms with Crippen LogP contribution in [0, 0.1) is 0 Å². The highest BCUT2D eigenvalue weighted by molar-refractivity contribution is 6.31. The Kier molecular flexibility index (Phi) is 4.68. The molecule has 1 aliphatic heterocycles. The molecule has 3 rings (SSSR count). The summed E-state index contributed by atoms with van der Waals surface area (Å²) in [6, 6.07) is 9.38. The van der Waals surface area contributed by atoms with Gasteiger partial charge in [0.15, 0.2) is 0 Å². The van der Waals surface area contributed by atoms with Gasteiger partial charge in [-0.05, 0) is 43.2 Å². The molecule has 0 saturated carbocycles. The van der Waals surface area contributed by atoms with Crippen molar-refractivity contribution in [2.45, 2.75) is 25.7 Å². The van der Waals surface area contributed by atoms with Crippen LogP contribution in [0.2, 0.25) is 5.02 Å². The third kappa shape index (κ3) is 3.63. The molecule has 1 aromatic carbocycles. The molecule has 1 N–H and O–H groups in total. The fraction of sp³-hybridized carbons (Fsp3) is 0.353. The van der Waals surface area contributed by atoms with Crippen molar-refractivity contribution in [1.29, 1.82) is 0 Å². The van der Waals surface area contributed by atoms with Crippen molar-refractivity contribution in [3.05, 3.63) is 47.4 Å². The average Bonchev–Trinajstić information content (AvgIpc) is 3.19. The van der Waals surface area contributed by atoms with E-state index in [1.165, 1.54) is 12.8 Å². The first-order valence-corrected chi connectivity index (χ1v) is 7.97. The Hall–Kier alpha value is -1.94. The summed E-state index contributed by atoms with van der Waals surface area (Å²) in [6.07, 6.45) is 4.98. The molecule has 116 valence electrons. The van der Waals surface area contributed by atoms with Crippen LogP contribution in [0.1, 0.15) is 25.0 Å². The van der Waals surface area contributed by atoms with E-state index < -0.39 is 0 Å². The van der Waals surface area contributed by atoms with E-state index in [9.17, 15) is 4.79 Å². The number of nitrogens with zero attached hydrogens (tertiary/aromatic N) is 1. The van der Waals surface area contributed by atoms with E-state index >= 15 is 0 Å². The standard InChI is InChI=1S/C17H19ClN2O2/c18-13-5-7-16(20-9-1-2-10-20)15(12-13)19-17(21)8-6-14-4-3-11-22-14/h3-5,7,11-12H,1-2,6,8-10H2,(H,19,21). The normalized spacial score (nSPS) is 14.3. The summed E-state index contributed by atoms with van der Waals surface area (Å²) in [6.45, 7) is 2.05. The van der Waals surface area contributed by atoms with Crippen LogP contribution >= 0.6 is 11.6 Å². The number of benzene rings is 1. The van der Waals surface area contributed by atoms with E-state index in [0.717, 1.165) is 30.2 Å². The first kappa shape index (κ1) is 15.0. The number of furan rings is 1. The van der Waals surface area contributed by atoms with Gasteiger partial charge in [0.2, 0.25) is 5.91 Å². The summed E-state index contributed by atoms with van der Waals surface area (Å²) in [5, 5.41) is 3.61. The second-order valence-electron chi connectivity index (χ2n) is 5.48. The van der Waals surface area contributed by atoms with Gasteiger partial charge in [-0.25, -0.2) is 0 Å². The van der Waals surface area contributed by atoms with E-state index in [2.05, 4.69) is 10.2 Å². The minimum absolute atomic E-state index is 0.0286. The number of hydrogen-bond donors (Lipinski definition) is 1. The summed E-state index contributed by atoms with van der Waals surface area (Å²) in [5.41, 5.74) is 1.84. The molecule has 2 aromatic rings. The zero-order chi connectivity index (χ0) is 15.4. The zero-order valence-electron chi connectivity index (χ0n) is 12.3. The molecule has 0 bridgehead atoms. The SMILES string of the molecule is O=C(CCc1ccco1)Nc1cc(Cl)ccc1N1CCCC1. The molecule has 1 fully saturated rings. The summed E-state index contributed by atoms with van der Waals surface area (Å²) >= 11 is 6.08. The van der Waals surface area contributed by atoms with E-state index in [-0.39, 0.29) is 5.91 Å². The van der Waals surface area contributed by atoms with Gasteiger partial charge < -0.3 is 14.6 Å². The molecule has 2 heterocycles. The van der Waals surface area contributed by atoms with Crippen molar-refractivity contribution in [2.75, 3.05) is 23.3 Å². The summed E-state index contributed by atoms with van der Waals surface area (Å²) in [7, 11) is 0. The highest BCUT2D eigenvalue weighted by Gasteiger charge is 2.17. The highest BCUT2D eigenvalue weighted by Crippen LogP contribution is 2.31. The molecule has 1 aromatic heterocycles. The molecular weight excluding hydrogens is 300 g/mol. The van der Waals surface area contributed by atoms with Gasteiger partial charge in [0.25, 0.3) is 0 Å². The van der Waals surface area contributed by atoms with Crippen LogP contribution in [0.25, 0.3) is 0 Å². The molecule has 22 heavy (non-hydrogen) atoms. The predicted octanol–water partition coefficient (Wildman–Crippen LogP) is 4.10. The predicted molar refractivity (Wildman–Crippen MR) is 88.6 cm³/mol. The number of carbonyl (C=O) groups is 1. The maximum atomic E-state index is 12.2. The third-order valence-electron chi connectivity index (χ3n) is 3.86. The molecule has 0 radical (unpaired) electrons. The number of nitrogens with one attached hydrogen (secondary N) is 1. The molecule has 0 spiro atoms. The lowest BCUT2D eigenvalue weighted by Gasteiger charge is -2.21. The Bertz CT molecular complexity index is 634. The first-order valence-electron chi connectivity index (χ1n) is 7.59. The van der Waals surface area contributed by atoms with Crippen molar-refractivity contribution < 1.29 is 9.21 Å². The quantitative estimate of drug-likeness (QED) is 0.902. The lowest BCUT2D eigenvalue weighted by atomic mass is 10.2. The fourth-order valence-corrected chi connectivity index (χ4v) is 2.92. The van der Waals surface area contributed by atoms with Crippen molar-refractivity contribution in [3.63, 3.8) is 0 Å². The average molecular weight is 319 g/mol. The van der Waals surface area contributed by atoms with Crippen molar-refractivity contribution >= 4 is 28.9 Å². The summed E-state index contributed by atoms with van der Waals surface area (Å²) in [4.78, 5) is 14.5. The van der Waals surface area contributed by atoms with Gasteiger partial charge in [-0.2, -0.15) is 0 Å². The summed E-state index contributed by atoms with van der Waals surface area (Å²) < 4.78 is 5.25.